The number of ether oxygens (including phenoxy) is 1. The van der Waals surface area contributed by atoms with Gasteiger partial charge in [0.1, 0.15) is 11.5 Å². The van der Waals surface area contributed by atoms with Crippen molar-refractivity contribution in [2.24, 2.45) is 0 Å². The maximum atomic E-state index is 15.3. The van der Waals surface area contributed by atoms with E-state index in [-0.39, 0.29) is 34.8 Å². The van der Waals surface area contributed by atoms with E-state index in [2.05, 4.69) is 15.6 Å². The lowest BCUT2D eigenvalue weighted by Crippen LogP contribution is -2.41. The van der Waals surface area contributed by atoms with E-state index < -0.39 is 30.0 Å². The van der Waals surface area contributed by atoms with Crippen molar-refractivity contribution in [3.05, 3.63) is 58.8 Å². The van der Waals surface area contributed by atoms with Crippen molar-refractivity contribution in [1.82, 2.24) is 14.9 Å². The number of amides is 2. The molecule has 0 spiro atoms. The molecule has 1 aromatic carbocycles. The Balaban J connectivity index is 1.45. The molecule has 0 saturated carbocycles. The van der Waals surface area contributed by atoms with Gasteiger partial charge < -0.3 is 24.6 Å². The second-order valence-electron chi connectivity index (χ2n) is 8.38. The van der Waals surface area contributed by atoms with E-state index >= 15 is 4.39 Å². The molecule has 2 amide bonds. The average molecular weight is 467 g/mol. The molecule has 3 atom stereocenters. The summed E-state index contributed by atoms with van der Waals surface area (Å²) in [6.45, 7) is 2.35. The minimum atomic E-state index is -1.25. The van der Waals surface area contributed by atoms with Crippen molar-refractivity contribution in [1.29, 1.82) is 0 Å². The number of anilines is 2. The van der Waals surface area contributed by atoms with Crippen LogP contribution >= 0.6 is 0 Å². The zero-order chi connectivity index (χ0) is 24.0. The number of halogens is 1. The number of hydrogen-bond donors (Lipinski definition) is 3. The number of rotatable bonds is 4. The molecule has 4 heterocycles. The topological polar surface area (TPSA) is 126 Å². The van der Waals surface area contributed by atoms with Crippen molar-refractivity contribution >= 4 is 34.4 Å². The number of urea groups is 1. The second kappa shape index (κ2) is 8.32. The Labute approximate surface area is 193 Å². The maximum absolute atomic E-state index is 15.3. The first kappa shape index (κ1) is 21.7. The summed E-state index contributed by atoms with van der Waals surface area (Å²) in [5.74, 6) is -1.45. The number of carboxylic acid groups (broad SMARTS) is 1. The van der Waals surface area contributed by atoms with Crippen LogP contribution in [0.15, 0.2) is 47.5 Å². The number of hydrogen-bond acceptors (Lipinski definition) is 6. The van der Waals surface area contributed by atoms with Crippen LogP contribution < -0.4 is 25.7 Å². The Morgan fingerprint density at radius 2 is 2.12 bits per heavy atom. The molecule has 1 unspecified atom stereocenters. The van der Waals surface area contributed by atoms with Crippen LogP contribution in [0, 0.1) is 5.82 Å². The van der Waals surface area contributed by atoms with Crippen LogP contribution in [0.1, 0.15) is 19.4 Å². The monoisotopic (exact) mass is 467 g/mol. The predicted molar refractivity (Wildman–Crippen MR) is 122 cm³/mol. The van der Waals surface area contributed by atoms with Crippen LogP contribution in [-0.2, 0) is 4.79 Å². The minimum absolute atomic E-state index is 0.0248. The van der Waals surface area contributed by atoms with Gasteiger partial charge in [-0.2, -0.15) is 0 Å². The molecule has 11 heteroatoms. The third-order valence-electron chi connectivity index (χ3n) is 6.20. The lowest BCUT2D eigenvalue weighted by molar-refractivity contribution is -0.147. The minimum Gasteiger partial charge on any atom is -0.478 e. The van der Waals surface area contributed by atoms with Crippen LogP contribution in [-0.4, -0.2) is 51.9 Å². The number of aromatic nitrogens is 2. The van der Waals surface area contributed by atoms with Gasteiger partial charge in [0.15, 0.2) is 17.0 Å². The van der Waals surface area contributed by atoms with Crippen LogP contribution in [0.3, 0.4) is 0 Å². The van der Waals surface area contributed by atoms with E-state index in [4.69, 9.17) is 4.74 Å². The molecule has 2 aliphatic heterocycles. The largest absolute Gasteiger partial charge is 0.478 e. The van der Waals surface area contributed by atoms with Gasteiger partial charge >= 0.3 is 12.0 Å². The van der Waals surface area contributed by atoms with E-state index in [1.807, 2.05) is 0 Å². The number of carbonyl (C=O) groups excluding carboxylic acids is 1. The van der Waals surface area contributed by atoms with Gasteiger partial charge in [-0.1, -0.05) is 6.07 Å². The third-order valence-corrected chi connectivity index (χ3v) is 6.20. The summed E-state index contributed by atoms with van der Waals surface area (Å²) in [7, 11) is 0. The Bertz CT molecular complexity index is 1350. The zero-order valence-corrected chi connectivity index (χ0v) is 18.2. The molecule has 2 aliphatic rings. The predicted octanol–water partition coefficient (Wildman–Crippen LogP) is 2.34. The Morgan fingerprint density at radius 1 is 1.29 bits per heavy atom. The lowest BCUT2D eigenvalue weighted by atomic mass is 10.0. The number of nitrogens with one attached hydrogen (secondary N) is 2. The highest BCUT2D eigenvalue weighted by atomic mass is 19.1. The first-order valence-corrected chi connectivity index (χ1v) is 10.8. The fraction of sp³-hybridized carbons (Fsp3) is 0.304. The standard InChI is InChI=1S/C23H22FN5O5/c1-12-20(22(31)32)34-21-18-14(16(30)6-9-29(12)18)10-15(24)19(21)28-8-5-13(11-28)26-23(33)27-17-4-2-3-7-25-17/h2-4,6-7,9-10,12-13,20H,5,8,11H2,1H3,(H,31,32)(H2,25,26,27,33)/t12?,13-,20+/m1/s1. The van der Waals surface area contributed by atoms with Gasteiger partial charge in [0.05, 0.1) is 16.9 Å². The summed E-state index contributed by atoms with van der Waals surface area (Å²) in [4.78, 5) is 42.3. The summed E-state index contributed by atoms with van der Waals surface area (Å²) < 4.78 is 22.8. The van der Waals surface area contributed by atoms with E-state index in [0.29, 0.717) is 24.3 Å². The number of pyridine rings is 2. The molecule has 176 valence electrons. The highest BCUT2D eigenvalue weighted by Crippen LogP contribution is 2.44. The van der Waals surface area contributed by atoms with Gasteiger partial charge in [-0.15, -0.1) is 0 Å². The van der Waals surface area contributed by atoms with Crippen molar-refractivity contribution in [2.45, 2.75) is 31.5 Å². The van der Waals surface area contributed by atoms with E-state index in [1.165, 1.54) is 18.3 Å². The van der Waals surface area contributed by atoms with Crippen molar-refractivity contribution in [2.75, 3.05) is 23.3 Å². The Kier molecular flexibility index (Phi) is 5.31. The highest BCUT2D eigenvalue weighted by molar-refractivity contribution is 5.93. The first-order valence-electron chi connectivity index (χ1n) is 10.8. The summed E-state index contributed by atoms with van der Waals surface area (Å²) in [5, 5.41) is 15.3. The fourth-order valence-corrected chi connectivity index (χ4v) is 4.59. The van der Waals surface area contributed by atoms with Gasteiger partial charge in [0.25, 0.3) is 0 Å². The number of benzene rings is 1. The maximum Gasteiger partial charge on any atom is 0.347 e. The third kappa shape index (κ3) is 3.68. The molecule has 5 rings (SSSR count). The number of carbonyl (C=O) groups is 2. The molecule has 0 radical (unpaired) electrons. The Morgan fingerprint density at radius 3 is 2.85 bits per heavy atom. The quantitative estimate of drug-likeness (QED) is 0.538. The molecule has 1 fully saturated rings. The molecule has 0 bridgehead atoms. The summed E-state index contributed by atoms with van der Waals surface area (Å²) in [6.07, 6.45) is 2.35. The van der Waals surface area contributed by atoms with E-state index in [9.17, 15) is 19.5 Å². The lowest BCUT2D eigenvalue weighted by Gasteiger charge is -2.34. The molecule has 3 N–H and O–H groups in total. The van der Waals surface area contributed by atoms with Gasteiger partial charge in [-0.25, -0.2) is 19.0 Å². The molecular formula is C23H22FN5O5. The summed E-state index contributed by atoms with van der Waals surface area (Å²) in [6, 6.07) is 6.28. The van der Waals surface area contributed by atoms with Gasteiger partial charge in [0.2, 0.25) is 6.10 Å². The molecule has 10 nitrogen and oxygen atoms in total. The summed E-state index contributed by atoms with van der Waals surface area (Å²) >= 11 is 0. The van der Waals surface area contributed by atoms with Crippen molar-refractivity contribution in [3.63, 3.8) is 0 Å². The SMILES string of the molecule is CC1[C@@H](C(=O)O)Oc2c(N3CC[C@@H](NC(=O)Nc4ccccn4)C3)c(F)cc3c(=O)ccn1c23. The van der Waals surface area contributed by atoms with Gasteiger partial charge in [0, 0.05) is 37.6 Å². The van der Waals surface area contributed by atoms with Crippen LogP contribution in [0.2, 0.25) is 0 Å². The van der Waals surface area contributed by atoms with Crippen molar-refractivity contribution in [3.8, 4) is 5.75 Å². The number of aliphatic carboxylic acids is 1. The van der Waals surface area contributed by atoms with Crippen LogP contribution in [0.4, 0.5) is 20.7 Å². The molecular weight excluding hydrogens is 445 g/mol. The molecule has 34 heavy (non-hydrogen) atoms. The van der Waals surface area contributed by atoms with Crippen LogP contribution in [0.25, 0.3) is 10.9 Å². The smallest absolute Gasteiger partial charge is 0.347 e. The zero-order valence-electron chi connectivity index (χ0n) is 18.2. The second-order valence-corrected chi connectivity index (χ2v) is 8.38. The molecule has 3 aromatic rings. The van der Waals surface area contributed by atoms with Crippen molar-refractivity contribution < 1.29 is 23.8 Å². The van der Waals surface area contributed by atoms with Crippen LogP contribution in [0.5, 0.6) is 5.75 Å². The summed E-state index contributed by atoms with van der Waals surface area (Å²) in [5.41, 5.74) is 0.0623. The Hall–Kier alpha value is -4.15. The first-order chi connectivity index (χ1) is 16.3. The number of carboxylic acids is 1. The number of nitrogens with zero attached hydrogens (tertiary/aromatic N) is 3. The normalized spacial score (nSPS) is 21.2. The van der Waals surface area contributed by atoms with E-state index in [0.717, 1.165) is 0 Å². The fourth-order valence-electron chi connectivity index (χ4n) is 4.59. The van der Waals surface area contributed by atoms with Gasteiger partial charge in [-0.3, -0.25) is 10.1 Å². The molecule has 1 saturated heterocycles. The highest BCUT2D eigenvalue weighted by Gasteiger charge is 2.38. The molecule has 0 aliphatic carbocycles. The average Bonchev–Trinajstić information content (AvgIpc) is 3.25. The molecule has 2 aromatic heterocycles. The van der Waals surface area contributed by atoms with E-state index in [1.54, 1.807) is 40.8 Å². The van der Waals surface area contributed by atoms with Gasteiger partial charge in [-0.05, 0) is 31.5 Å².